The van der Waals surface area contributed by atoms with E-state index < -0.39 is 5.97 Å². The first-order valence-electron chi connectivity index (χ1n) is 11.4. The highest BCUT2D eigenvalue weighted by Gasteiger charge is 2.31. The molecule has 0 spiro atoms. The van der Waals surface area contributed by atoms with Crippen molar-refractivity contribution >= 4 is 36.5 Å². The Kier molecular flexibility index (Phi) is 12.2. The average Bonchev–Trinajstić information content (AvgIpc) is 3.13. The molecule has 0 atom stereocenters. The van der Waals surface area contributed by atoms with Gasteiger partial charge >= 0.3 is 5.97 Å². The molecule has 2 fully saturated rings. The Morgan fingerprint density at radius 2 is 1.09 bits per heavy atom. The van der Waals surface area contributed by atoms with Gasteiger partial charge in [-0.15, -0.1) is 0 Å². The van der Waals surface area contributed by atoms with E-state index in [4.69, 9.17) is 9.47 Å². The molecule has 2 amide bonds. The van der Waals surface area contributed by atoms with Gasteiger partial charge in [0.1, 0.15) is 13.5 Å². The molecule has 35 heavy (non-hydrogen) atoms. The molecule has 2 saturated heterocycles. The minimum absolute atomic E-state index is 0.0142. The summed E-state index contributed by atoms with van der Waals surface area (Å²) in [5.41, 5.74) is 0. The maximum absolute atomic E-state index is 12.7. The van der Waals surface area contributed by atoms with Crippen LogP contribution in [0.5, 0.6) is 0 Å². The van der Waals surface area contributed by atoms with Crippen LogP contribution in [0.15, 0.2) is 0 Å². The summed E-state index contributed by atoms with van der Waals surface area (Å²) < 4.78 is 9.77. The molecule has 2 heterocycles. The standard InChI is InChI=1S/C21H33N5O9/c27-16-34-14-24-7-5-22(11-18(29)12-26-19(30)1-2-20(26)31)3-4-23(13-21(32)33)6-8-25(10-9-24)15-35-17-28/h16-17H,1-15H2,(H,32,33). The summed E-state index contributed by atoms with van der Waals surface area (Å²) in [6.45, 7) is 3.60. The Bertz CT molecular complexity index is 749. The van der Waals surface area contributed by atoms with Gasteiger partial charge in [-0.05, 0) is 0 Å². The molecule has 0 bridgehead atoms. The van der Waals surface area contributed by atoms with Crippen LogP contribution in [0.2, 0.25) is 0 Å². The predicted octanol–water partition coefficient (Wildman–Crippen LogP) is -2.73. The van der Waals surface area contributed by atoms with Crippen LogP contribution in [0.4, 0.5) is 0 Å². The van der Waals surface area contributed by atoms with Gasteiger partial charge in [-0.1, -0.05) is 0 Å². The zero-order valence-corrected chi connectivity index (χ0v) is 19.7. The van der Waals surface area contributed by atoms with Gasteiger partial charge in [0, 0.05) is 65.2 Å². The number of aliphatic carboxylic acids is 1. The number of carboxylic acid groups (broad SMARTS) is 1. The molecule has 196 valence electrons. The summed E-state index contributed by atoms with van der Waals surface area (Å²) in [7, 11) is 0. The van der Waals surface area contributed by atoms with E-state index >= 15 is 0 Å². The molecule has 0 aromatic heterocycles. The van der Waals surface area contributed by atoms with E-state index in [1.165, 1.54) is 0 Å². The first kappa shape index (κ1) is 28.3. The molecule has 0 saturated carbocycles. The second-order valence-corrected chi connectivity index (χ2v) is 8.38. The third-order valence-electron chi connectivity index (χ3n) is 5.83. The predicted molar refractivity (Wildman–Crippen MR) is 119 cm³/mol. The molecule has 0 aromatic carbocycles. The van der Waals surface area contributed by atoms with E-state index in [1.807, 2.05) is 14.7 Å². The summed E-state index contributed by atoms with van der Waals surface area (Å²) in [5.74, 6) is -1.99. The summed E-state index contributed by atoms with van der Waals surface area (Å²) >= 11 is 0. The number of ketones is 1. The fourth-order valence-corrected chi connectivity index (χ4v) is 3.89. The average molecular weight is 500 g/mol. The maximum Gasteiger partial charge on any atom is 0.317 e. The number of hydrogen-bond acceptors (Lipinski definition) is 12. The Labute approximate surface area is 203 Å². The van der Waals surface area contributed by atoms with E-state index in [2.05, 4.69) is 0 Å². The number of carbonyl (C=O) groups is 6. The highest BCUT2D eigenvalue weighted by Crippen LogP contribution is 2.11. The minimum Gasteiger partial charge on any atom is -0.480 e. The third kappa shape index (κ3) is 10.5. The lowest BCUT2D eigenvalue weighted by Gasteiger charge is -2.33. The summed E-state index contributed by atoms with van der Waals surface area (Å²) in [6, 6.07) is 0. The summed E-state index contributed by atoms with van der Waals surface area (Å²) in [6.07, 6.45) is 0.223. The highest BCUT2D eigenvalue weighted by atomic mass is 16.5. The molecule has 0 aromatic rings. The van der Waals surface area contributed by atoms with Crippen molar-refractivity contribution in [1.29, 1.82) is 0 Å². The Balaban J connectivity index is 2.08. The number of amides is 2. The Morgan fingerprint density at radius 3 is 1.49 bits per heavy atom. The lowest BCUT2D eigenvalue weighted by Crippen LogP contribution is -2.49. The van der Waals surface area contributed by atoms with Crippen LogP contribution in [0, 0.1) is 0 Å². The smallest absolute Gasteiger partial charge is 0.317 e. The fraction of sp³-hybridized carbons (Fsp3) is 0.714. The van der Waals surface area contributed by atoms with Crippen molar-refractivity contribution in [3.8, 4) is 0 Å². The number of likely N-dealkylation sites (tertiary alicyclic amines) is 1. The van der Waals surface area contributed by atoms with Gasteiger partial charge in [0.15, 0.2) is 5.78 Å². The van der Waals surface area contributed by atoms with Crippen molar-refractivity contribution < 1.29 is 43.3 Å². The van der Waals surface area contributed by atoms with Gasteiger partial charge in [0.2, 0.25) is 11.8 Å². The SMILES string of the molecule is O=COCN1CCN(COC=O)CCN(CC(=O)CN2C(=O)CCC2=O)CCN(CC(=O)O)CC1. The van der Waals surface area contributed by atoms with Crippen LogP contribution in [0.3, 0.4) is 0 Å². The van der Waals surface area contributed by atoms with E-state index in [9.17, 15) is 33.9 Å². The van der Waals surface area contributed by atoms with Crippen LogP contribution < -0.4 is 0 Å². The van der Waals surface area contributed by atoms with E-state index in [0.717, 1.165) is 4.90 Å². The van der Waals surface area contributed by atoms with Crippen molar-refractivity contribution in [3.05, 3.63) is 0 Å². The number of ether oxygens (including phenoxy) is 2. The molecule has 14 nitrogen and oxygen atoms in total. The van der Waals surface area contributed by atoms with Gasteiger partial charge in [0.25, 0.3) is 12.9 Å². The monoisotopic (exact) mass is 499 g/mol. The Hall–Kier alpha value is -2.94. The molecule has 14 heteroatoms. The van der Waals surface area contributed by atoms with E-state index in [1.54, 1.807) is 4.90 Å². The molecular weight excluding hydrogens is 466 g/mol. The van der Waals surface area contributed by atoms with Crippen molar-refractivity contribution in [2.24, 2.45) is 0 Å². The van der Waals surface area contributed by atoms with Crippen molar-refractivity contribution in [3.63, 3.8) is 0 Å². The molecule has 0 unspecified atom stereocenters. The topological polar surface area (TPSA) is 157 Å². The molecule has 0 radical (unpaired) electrons. The first-order valence-corrected chi connectivity index (χ1v) is 11.4. The quantitative estimate of drug-likeness (QED) is 0.218. The first-order chi connectivity index (χ1) is 16.8. The zero-order valence-electron chi connectivity index (χ0n) is 19.7. The normalized spacial score (nSPS) is 20.2. The number of nitrogens with zero attached hydrogens (tertiary/aromatic N) is 5. The lowest BCUT2D eigenvalue weighted by atomic mass is 10.3. The minimum atomic E-state index is -0.987. The zero-order chi connectivity index (χ0) is 25.6. The van der Waals surface area contributed by atoms with Gasteiger partial charge in [-0.3, -0.25) is 53.3 Å². The van der Waals surface area contributed by atoms with Gasteiger partial charge in [-0.25, -0.2) is 0 Å². The van der Waals surface area contributed by atoms with E-state index in [0.29, 0.717) is 65.3 Å². The lowest BCUT2D eigenvalue weighted by molar-refractivity contribution is -0.142. The second-order valence-electron chi connectivity index (χ2n) is 8.38. The van der Waals surface area contributed by atoms with Crippen LogP contribution in [0.1, 0.15) is 12.8 Å². The van der Waals surface area contributed by atoms with Gasteiger partial charge < -0.3 is 14.6 Å². The molecular formula is C21H33N5O9. The molecule has 0 aliphatic carbocycles. The second kappa shape index (κ2) is 15.1. The Morgan fingerprint density at radius 1 is 0.686 bits per heavy atom. The van der Waals surface area contributed by atoms with Crippen LogP contribution in [-0.4, -0.2) is 152 Å². The molecule has 1 N–H and O–H groups in total. The number of carboxylic acids is 1. The number of rotatable bonds is 12. The number of Topliss-reactive ketones (excluding diaryl/α,β-unsaturated/α-hetero) is 1. The van der Waals surface area contributed by atoms with Gasteiger partial charge in [0.05, 0.1) is 19.6 Å². The maximum atomic E-state index is 12.7. The van der Waals surface area contributed by atoms with Crippen molar-refractivity contribution in [2.75, 3.05) is 85.5 Å². The highest BCUT2D eigenvalue weighted by molar-refractivity contribution is 6.04. The molecule has 2 rings (SSSR count). The fourth-order valence-electron chi connectivity index (χ4n) is 3.89. The summed E-state index contributed by atoms with van der Waals surface area (Å²) in [5, 5.41) is 9.29. The number of hydrogen-bond donors (Lipinski definition) is 1. The number of carbonyl (C=O) groups excluding carboxylic acids is 5. The largest absolute Gasteiger partial charge is 0.480 e. The van der Waals surface area contributed by atoms with Crippen LogP contribution >= 0.6 is 0 Å². The number of imide groups is 1. The van der Waals surface area contributed by atoms with Crippen LogP contribution in [0.25, 0.3) is 0 Å². The molecule has 2 aliphatic heterocycles. The molecule has 2 aliphatic rings. The summed E-state index contributed by atoms with van der Waals surface area (Å²) in [4.78, 5) is 77.3. The van der Waals surface area contributed by atoms with Crippen molar-refractivity contribution in [1.82, 2.24) is 24.5 Å². The van der Waals surface area contributed by atoms with Crippen molar-refractivity contribution in [2.45, 2.75) is 12.8 Å². The van der Waals surface area contributed by atoms with Gasteiger partial charge in [-0.2, -0.15) is 0 Å². The van der Waals surface area contributed by atoms with E-state index in [-0.39, 0.29) is 63.5 Å². The third-order valence-corrected chi connectivity index (χ3v) is 5.83. The van der Waals surface area contributed by atoms with Crippen LogP contribution in [-0.2, 0) is 38.2 Å².